The Morgan fingerprint density at radius 1 is 1.11 bits per heavy atom. The Hall–Kier alpha value is -3.51. The molecule has 0 spiro atoms. The smallest absolute Gasteiger partial charge is 0.252 e. The maximum absolute atomic E-state index is 13.2. The van der Waals surface area contributed by atoms with Crippen LogP contribution in [0, 0.1) is 11.7 Å². The van der Waals surface area contributed by atoms with Crippen LogP contribution in [0.2, 0.25) is 0 Å². The Morgan fingerprint density at radius 3 is 2.53 bits per heavy atom. The lowest BCUT2D eigenvalue weighted by atomic mass is 10.0. The fourth-order valence-corrected chi connectivity index (χ4v) is 5.81. The topological polar surface area (TPSA) is 131 Å². The van der Waals surface area contributed by atoms with Crippen molar-refractivity contribution in [2.24, 2.45) is 5.92 Å². The predicted octanol–water partition coefficient (Wildman–Crippen LogP) is 2.24. The number of ketones is 1. The first-order valence-corrected chi connectivity index (χ1v) is 13.8. The third-order valence-electron chi connectivity index (χ3n) is 6.35. The van der Waals surface area contributed by atoms with Gasteiger partial charge in [0.05, 0.1) is 17.5 Å². The molecule has 204 valence electrons. The number of benzene rings is 2. The summed E-state index contributed by atoms with van der Waals surface area (Å²) >= 11 is 0. The number of fused-ring (bicyclic) bond motifs is 1. The molecule has 2 atom stereocenters. The van der Waals surface area contributed by atoms with Crippen LogP contribution < -0.4 is 20.1 Å². The van der Waals surface area contributed by atoms with Crippen LogP contribution in [0.1, 0.15) is 43.5 Å². The van der Waals surface area contributed by atoms with E-state index in [0.717, 1.165) is 28.6 Å². The number of hydrogen-bond donors (Lipinski definition) is 2. The molecule has 1 saturated heterocycles. The number of nitrogens with one attached hydrogen (secondary N) is 2. The molecule has 0 aliphatic carbocycles. The molecule has 2 aliphatic heterocycles. The molecule has 0 bridgehead atoms. The molecule has 2 amide bonds. The van der Waals surface area contributed by atoms with Crippen LogP contribution in [0.4, 0.5) is 4.39 Å². The number of carbonyl (C=O) groups excluding carboxylic acids is 3. The highest BCUT2D eigenvalue weighted by Gasteiger charge is 2.34. The number of hydrogen-bond acceptors (Lipinski definition) is 7. The number of carbonyl (C=O) groups is 3. The summed E-state index contributed by atoms with van der Waals surface area (Å²) in [5.41, 5.74) is 0.294. The molecule has 1 fully saturated rings. The molecule has 4 rings (SSSR count). The molecule has 1 unspecified atom stereocenters. The Kier molecular flexibility index (Phi) is 8.32. The van der Waals surface area contributed by atoms with Crippen LogP contribution in [-0.4, -0.2) is 62.3 Å². The number of sulfonamides is 1. The average Bonchev–Trinajstić information content (AvgIpc) is 3.26. The Labute approximate surface area is 220 Å². The summed E-state index contributed by atoms with van der Waals surface area (Å²) in [5.74, 6) is -1.02. The fourth-order valence-electron chi connectivity index (χ4n) is 4.36. The van der Waals surface area contributed by atoms with E-state index in [1.54, 1.807) is 12.1 Å². The number of Topliss-reactive ketones (excluding diaryl/α,β-unsaturated/α-hetero) is 1. The van der Waals surface area contributed by atoms with Crippen molar-refractivity contribution in [1.29, 1.82) is 0 Å². The monoisotopic (exact) mass is 547 g/mol. The van der Waals surface area contributed by atoms with Crippen LogP contribution in [0.5, 0.6) is 11.5 Å². The van der Waals surface area contributed by atoms with E-state index in [1.165, 1.54) is 6.07 Å². The summed E-state index contributed by atoms with van der Waals surface area (Å²) in [6, 6.07) is 7.29. The minimum Gasteiger partial charge on any atom is -0.454 e. The first-order valence-electron chi connectivity index (χ1n) is 12.3. The van der Waals surface area contributed by atoms with Crippen molar-refractivity contribution in [3.63, 3.8) is 0 Å². The quantitative estimate of drug-likeness (QED) is 0.518. The van der Waals surface area contributed by atoms with Crippen LogP contribution >= 0.6 is 0 Å². The van der Waals surface area contributed by atoms with Gasteiger partial charge in [-0.3, -0.25) is 14.4 Å². The molecule has 12 heteroatoms. The zero-order valence-electron chi connectivity index (χ0n) is 21.1. The van der Waals surface area contributed by atoms with Crippen LogP contribution in [0.15, 0.2) is 47.4 Å². The molecule has 2 N–H and O–H groups in total. The molecular formula is C26H30FN3O7S. The normalized spacial score (nSPS) is 18.6. The number of ether oxygens (including phenoxy) is 2. The molecule has 2 aliphatic rings. The van der Waals surface area contributed by atoms with E-state index < -0.39 is 52.1 Å². The predicted molar refractivity (Wildman–Crippen MR) is 135 cm³/mol. The lowest BCUT2D eigenvalue weighted by Gasteiger charge is -2.23. The number of nitrogens with zero attached hydrogens (tertiary/aromatic N) is 1. The SMILES string of the molecule is CC(C)C[C@H](NC(=O)c1ccc2c(c1)OCO2)C(=O)NC1CCCN(S(=O)(=O)c2ccc(F)cc2)CC1=O. The summed E-state index contributed by atoms with van der Waals surface area (Å²) in [6.07, 6.45) is 0.897. The highest BCUT2D eigenvalue weighted by atomic mass is 32.2. The first kappa shape index (κ1) is 27.5. The van der Waals surface area contributed by atoms with Gasteiger partial charge in [-0.15, -0.1) is 0 Å². The van der Waals surface area contributed by atoms with Crippen molar-refractivity contribution in [2.75, 3.05) is 19.9 Å². The van der Waals surface area contributed by atoms with Gasteiger partial charge in [0.25, 0.3) is 5.91 Å². The Balaban J connectivity index is 1.42. The second-order valence-electron chi connectivity index (χ2n) is 9.69. The van der Waals surface area contributed by atoms with Gasteiger partial charge in [-0.05, 0) is 67.6 Å². The summed E-state index contributed by atoms with van der Waals surface area (Å²) in [4.78, 5) is 39.0. The standard InChI is InChI=1S/C26H30FN3O7S/c1-16(2)12-21(29-25(32)17-5-10-23-24(13-17)37-15-36-23)26(33)28-20-4-3-11-30(14-22(20)31)38(34,35)19-8-6-18(27)7-9-19/h5-10,13,16,20-21H,3-4,11-12,14-15H2,1-2H3,(H,28,33)(H,29,32)/t20?,21-/m0/s1. The van der Waals surface area contributed by atoms with Gasteiger partial charge in [-0.1, -0.05) is 13.8 Å². The zero-order chi connectivity index (χ0) is 27.4. The minimum atomic E-state index is -4.01. The number of halogens is 1. The van der Waals surface area contributed by atoms with Crippen LogP contribution in [-0.2, 0) is 19.6 Å². The van der Waals surface area contributed by atoms with Gasteiger partial charge in [-0.2, -0.15) is 4.31 Å². The maximum atomic E-state index is 13.2. The van der Waals surface area contributed by atoms with Gasteiger partial charge < -0.3 is 20.1 Å². The fraction of sp³-hybridized carbons (Fsp3) is 0.423. The molecule has 0 radical (unpaired) electrons. The number of amides is 2. The van der Waals surface area contributed by atoms with Crippen molar-refractivity contribution < 1.29 is 36.7 Å². The van der Waals surface area contributed by atoms with E-state index in [4.69, 9.17) is 9.47 Å². The van der Waals surface area contributed by atoms with Gasteiger partial charge in [0.15, 0.2) is 17.3 Å². The van der Waals surface area contributed by atoms with E-state index in [0.29, 0.717) is 29.9 Å². The third kappa shape index (κ3) is 6.30. The third-order valence-corrected chi connectivity index (χ3v) is 8.21. The van der Waals surface area contributed by atoms with Gasteiger partial charge in [0.2, 0.25) is 22.7 Å². The molecule has 2 aromatic carbocycles. The zero-order valence-corrected chi connectivity index (χ0v) is 21.9. The largest absolute Gasteiger partial charge is 0.454 e. The highest BCUT2D eigenvalue weighted by molar-refractivity contribution is 7.89. The first-order chi connectivity index (χ1) is 18.0. The highest BCUT2D eigenvalue weighted by Crippen LogP contribution is 2.32. The molecule has 10 nitrogen and oxygen atoms in total. The van der Waals surface area contributed by atoms with E-state index in [-0.39, 0.29) is 30.6 Å². The van der Waals surface area contributed by atoms with E-state index in [1.807, 2.05) is 13.8 Å². The van der Waals surface area contributed by atoms with Crippen LogP contribution in [0.3, 0.4) is 0 Å². The van der Waals surface area contributed by atoms with Gasteiger partial charge in [0.1, 0.15) is 11.9 Å². The molecular weight excluding hydrogens is 517 g/mol. The van der Waals surface area contributed by atoms with Crippen molar-refractivity contribution in [1.82, 2.24) is 14.9 Å². The maximum Gasteiger partial charge on any atom is 0.252 e. The van der Waals surface area contributed by atoms with Crippen molar-refractivity contribution in [2.45, 2.75) is 50.1 Å². The summed E-state index contributed by atoms with van der Waals surface area (Å²) in [5, 5.41) is 5.45. The second-order valence-corrected chi connectivity index (χ2v) is 11.6. The van der Waals surface area contributed by atoms with Crippen molar-refractivity contribution in [3.8, 4) is 11.5 Å². The molecule has 0 saturated carbocycles. The minimum absolute atomic E-state index is 0.0592. The van der Waals surface area contributed by atoms with E-state index >= 15 is 0 Å². The van der Waals surface area contributed by atoms with Gasteiger partial charge >= 0.3 is 0 Å². The summed E-state index contributed by atoms with van der Waals surface area (Å²) in [7, 11) is -4.01. The Morgan fingerprint density at radius 2 is 1.82 bits per heavy atom. The van der Waals surface area contributed by atoms with E-state index in [9.17, 15) is 27.2 Å². The number of rotatable bonds is 8. The molecule has 38 heavy (non-hydrogen) atoms. The lowest BCUT2D eigenvalue weighted by Crippen LogP contribution is -2.52. The van der Waals surface area contributed by atoms with Gasteiger partial charge in [0, 0.05) is 12.1 Å². The van der Waals surface area contributed by atoms with Crippen molar-refractivity contribution in [3.05, 3.63) is 53.8 Å². The van der Waals surface area contributed by atoms with Crippen molar-refractivity contribution >= 4 is 27.6 Å². The Bertz CT molecular complexity index is 1310. The molecule has 2 heterocycles. The average molecular weight is 548 g/mol. The molecule has 0 aromatic heterocycles. The second kappa shape index (κ2) is 11.5. The van der Waals surface area contributed by atoms with Gasteiger partial charge in [-0.25, -0.2) is 12.8 Å². The summed E-state index contributed by atoms with van der Waals surface area (Å²) in [6.45, 7) is 3.53. The summed E-state index contributed by atoms with van der Waals surface area (Å²) < 4.78 is 50.8. The van der Waals surface area contributed by atoms with E-state index in [2.05, 4.69) is 10.6 Å². The van der Waals surface area contributed by atoms with Crippen LogP contribution in [0.25, 0.3) is 0 Å². The lowest BCUT2D eigenvalue weighted by molar-refractivity contribution is -0.129. The molecule has 2 aromatic rings.